The molecular weight excluding hydrogens is 302 g/mol. The maximum Gasteiger partial charge on any atom is 0.254 e. The first-order valence-electron chi connectivity index (χ1n) is 9.06. The van der Waals surface area contributed by atoms with Gasteiger partial charge < -0.3 is 14.5 Å². The van der Waals surface area contributed by atoms with Crippen LogP contribution >= 0.6 is 0 Å². The molecule has 0 aliphatic carbocycles. The number of hydrogen-bond acceptors (Lipinski definition) is 4. The lowest BCUT2D eigenvalue weighted by molar-refractivity contribution is -0.00279. The molecule has 2 heterocycles. The molecule has 1 atom stereocenters. The highest BCUT2D eigenvalue weighted by atomic mass is 16.5. The minimum absolute atomic E-state index is 0.135. The number of benzene rings is 1. The Morgan fingerprint density at radius 2 is 1.83 bits per heavy atom. The van der Waals surface area contributed by atoms with Crippen LogP contribution in [0.4, 0.5) is 0 Å². The largest absolute Gasteiger partial charge is 0.377 e. The monoisotopic (exact) mass is 331 g/mol. The molecular formula is C19H29N3O2. The molecule has 2 fully saturated rings. The van der Waals surface area contributed by atoms with Crippen LogP contribution in [-0.4, -0.2) is 79.6 Å². The predicted molar refractivity (Wildman–Crippen MR) is 95.2 cm³/mol. The van der Waals surface area contributed by atoms with E-state index in [1.54, 1.807) is 0 Å². The molecule has 0 bridgehead atoms. The van der Waals surface area contributed by atoms with Crippen LogP contribution in [0.2, 0.25) is 0 Å². The quantitative estimate of drug-likeness (QED) is 0.841. The Balaban J connectivity index is 1.60. The summed E-state index contributed by atoms with van der Waals surface area (Å²) in [5.74, 6) is 0.135. The summed E-state index contributed by atoms with van der Waals surface area (Å²) < 4.78 is 5.50. The molecule has 132 valence electrons. The lowest BCUT2D eigenvalue weighted by atomic mass is 10.1. The summed E-state index contributed by atoms with van der Waals surface area (Å²) in [6, 6.07) is 8.38. The minimum Gasteiger partial charge on any atom is -0.377 e. The molecule has 2 aliphatic heterocycles. The molecule has 0 spiro atoms. The van der Waals surface area contributed by atoms with Crippen molar-refractivity contribution in [2.45, 2.75) is 25.9 Å². The van der Waals surface area contributed by atoms with Crippen molar-refractivity contribution in [3.8, 4) is 0 Å². The molecule has 24 heavy (non-hydrogen) atoms. The summed E-state index contributed by atoms with van der Waals surface area (Å²) in [4.78, 5) is 19.6. The van der Waals surface area contributed by atoms with Crippen molar-refractivity contribution in [3.63, 3.8) is 0 Å². The van der Waals surface area contributed by atoms with E-state index in [2.05, 4.69) is 35.9 Å². The zero-order valence-corrected chi connectivity index (χ0v) is 14.9. The Labute approximate surface area is 145 Å². The zero-order valence-electron chi connectivity index (χ0n) is 14.9. The van der Waals surface area contributed by atoms with Gasteiger partial charge in [-0.3, -0.25) is 9.69 Å². The fourth-order valence-corrected chi connectivity index (χ4v) is 3.44. The highest BCUT2D eigenvalue weighted by Gasteiger charge is 2.26. The maximum atomic E-state index is 12.8. The van der Waals surface area contributed by atoms with Gasteiger partial charge in [0.1, 0.15) is 0 Å². The Morgan fingerprint density at radius 1 is 1.12 bits per heavy atom. The summed E-state index contributed by atoms with van der Waals surface area (Å²) in [6.45, 7) is 9.56. The van der Waals surface area contributed by atoms with Gasteiger partial charge in [0.2, 0.25) is 0 Å². The summed E-state index contributed by atoms with van der Waals surface area (Å²) in [6.07, 6.45) is 0.938. The number of hydrogen-bond donors (Lipinski definition) is 0. The first-order chi connectivity index (χ1) is 11.7. The van der Waals surface area contributed by atoms with E-state index in [0.717, 1.165) is 44.7 Å². The zero-order chi connectivity index (χ0) is 16.9. The number of amides is 1. The van der Waals surface area contributed by atoms with Gasteiger partial charge in [-0.15, -0.1) is 0 Å². The van der Waals surface area contributed by atoms with Gasteiger partial charge in [-0.1, -0.05) is 19.1 Å². The van der Waals surface area contributed by atoms with Crippen molar-refractivity contribution in [2.75, 3.05) is 53.0 Å². The second-order valence-electron chi connectivity index (χ2n) is 6.91. The van der Waals surface area contributed by atoms with E-state index in [-0.39, 0.29) is 11.9 Å². The molecule has 0 aromatic heterocycles. The number of carbonyl (C=O) groups excluding carboxylic acids is 1. The van der Waals surface area contributed by atoms with Crippen LogP contribution < -0.4 is 0 Å². The number of carbonyl (C=O) groups is 1. The minimum atomic E-state index is 0.135. The maximum absolute atomic E-state index is 12.8. The molecule has 2 aliphatic rings. The standard InChI is InChI=1S/C19H29N3O2/c1-3-18-15-24-13-12-22(18)19(23)17-6-4-16(5-7-17)14-21-10-8-20(2)9-11-21/h4-7,18H,3,8-15H2,1-2H3. The van der Waals surface area contributed by atoms with Gasteiger partial charge in [0.05, 0.1) is 19.3 Å². The van der Waals surface area contributed by atoms with Crippen molar-refractivity contribution in [1.29, 1.82) is 0 Å². The fourth-order valence-electron chi connectivity index (χ4n) is 3.44. The van der Waals surface area contributed by atoms with Crippen molar-refractivity contribution >= 4 is 5.91 Å². The van der Waals surface area contributed by atoms with Crippen LogP contribution in [-0.2, 0) is 11.3 Å². The smallest absolute Gasteiger partial charge is 0.254 e. The van der Waals surface area contributed by atoms with E-state index in [9.17, 15) is 4.79 Å². The summed E-state index contributed by atoms with van der Waals surface area (Å²) >= 11 is 0. The van der Waals surface area contributed by atoms with Crippen LogP contribution in [0, 0.1) is 0 Å². The van der Waals surface area contributed by atoms with Crippen molar-refractivity contribution in [1.82, 2.24) is 14.7 Å². The Hall–Kier alpha value is -1.43. The Morgan fingerprint density at radius 3 is 2.50 bits per heavy atom. The number of piperazine rings is 1. The fraction of sp³-hybridized carbons (Fsp3) is 0.632. The molecule has 5 heteroatoms. The summed E-state index contributed by atoms with van der Waals surface area (Å²) in [7, 11) is 2.17. The van der Waals surface area contributed by atoms with Crippen LogP contribution in [0.1, 0.15) is 29.3 Å². The molecule has 1 aromatic carbocycles. The molecule has 1 aromatic rings. The van der Waals surface area contributed by atoms with E-state index in [0.29, 0.717) is 19.8 Å². The average Bonchev–Trinajstić information content (AvgIpc) is 2.63. The first kappa shape index (κ1) is 17.4. The predicted octanol–water partition coefficient (Wildman–Crippen LogP) is 1.69. The molecule has 0 N–H and O–H groups in total. The third-order valence-corrected chi connectivity index (χ3v) is 5.16. The van der Waals surface area contributed by atoms with Crippen LogP contribution in [0.15, 0.2) is 24.3 Å². The highest BCUT2D eigenvalue weighted by molar-refractivity contribution is 5.94. The summed E-state index contributed by atoms with van der Waals surface area (Å²) in [5, 5.41) is 0. The Kier molecular flexibility index (Phi) is 5.87. The molecule has 0 radical (unpaired) electrons. The van der Waals surface area contributed by atoms with Crippen LogP contribution in [0.3, 0.4) is 0 Å². The molecule has 0 saturated carbocycles. The normalized spacial score (nSPS) is 23.4. The summed E-state index contributed by atoms with van der Waals surface area (Å²) in [5.41, 5.74) is 2.07. The molecule has 1 amide bonds. The van der Waals surface area contributed by atoms with Gasteiger partial charge in [-0.2, -0.15) is 0 Å². The number of morpholine rings is 1. The van der Waals surface area contributed by atoms with E-state index < -0.39 is 0 Å². The number of likely N-dealkylation sites (N-methyl/N-ethyl adjacent to an activating group) is 1. The number of nitrogens with zero attached hydrogens (tertiary/aromatic N) is 3. The Bertz CT molecular complexity index is 538. The molecule has 3 rings (SSSR count). The molecule has 5 nitrogen and oxygen atoms in total. The van der Waals surface area contributed by atoms with Crippen LogP contribution in [0.25, 0.3) is 0 Å². The van der Waals surface area contributed by atoms with Crippen LogP contribution in [0.5, 0.6) is 0 Å². The number of rotatable bonds is 4. The van der Waals surface area contributed by atoms with E-state index >= 15 is 0 Å². The van der Waals surface area contributed by atoms with Crippen molar-refractivity contribution in [2.24, 2.45) is 0 Å². The lowest BCUT2D eigenvalue weighted by Crippen LogP contribution is -2.48. The third-order valence-electron chi connectivity index (χ3n) is 5.16. The van der Waals surface area contributed by atoms with Gasteiger partial charge in [-0.25, -0.2) is 0 Å². The second-order valence-corrected chi connectivity index (χ2v) is 6.91. The van der Waals surface area contributed by atoms with E-state index in [4.69, 9.17) is 4.74 Å². The SMILES string of the molecule is CCC1COCCN1C(=O)c1ccc(CN2CCN(C)CC2)cc1. The molecule has 2 saturated heterocycles. The first-order valence-corrected chi connectivity index (χ1v) is 9.06. The highest BCUT2D eigenvalue weighted by Crippen LogP contribution is 2.16. The molecule has 1 unspecified atom stereocenters. The number of ether oxygens (including phenoxy) is 1. The van der Waals surface area contributed by atoms with Crippen molar-refractivity contribution in [3.05, 3.63) is 35.4 Å². The van der Waals surface area contributed by atoms with Gasteiger partial charge in [0, 0.05) is 44.8 Å². The third kappa shape index (κ3) is 4.15. The van der Waals surface area contributed by atoms with Gasteiger partial charge in [-0.05, 0) is 31.2 Å². The van der Waals surface area contributed by atoms with E-state index in [1.807, 2.05) is 17.0 Å². The van der Waals surface area contributed by atoms with Gasteiger partial charge in [0.15, 0.2) is 0 Å². The topological polar surface area (TPSA) is 36.0 Å². The lowest BCUT2D eigenvalue weighted by Gasteiger charge is -2.35. The van der Waals surface area contributed by atoms with Gasteiger partial charge in [0.25, 0.3) is 5.91 Å². The average molecular weight is 331 g/mol. The second kappa shape index (κ2) is 8.10. The van der Waals surface area contributed by atoms with E-state index in [1.165, 1.54) is 5.56 Å². The van der Waals surface area contributed by atoms with Gasteiger partial charge >= 0.3 is 0 Å². The van der Waals surface area contributed by atoms with Crippen molar-refractivity contribution < 1.29 is 9.53 Å².